The van der Waals surface area contributed by atoms with Crippen molar-refractivity contribution in [1.82, 2.24) is 4.72 Å². The van der Waals surface area contributed by atoms with Crippen LogP contribution in [0, 0.1) is 0 Å². The van der Waals surface area contributed by atoms with Gasteiger partial charge in [-0.15, -0.1) is 0 Å². The highest BCUT2D eigenvalue weighted by Gasteiger charge is 2.23. The highest BCUT2D eigenvalue weighted by Crippen LogP contribution is 2.29. The summed E-state index contributed by atoms with van der Waals surface area (Å²) in [5.41, 5.74) is -1.08. The minimum absolute atomic E-state index is 0.0554. The minimum Gasteiger partial charge on any atom is -0.493 e. The van der Waals surface area contributed by atoms with Crippen LogP contribution < -0.4 is 14.2 Å². The van der Waals surface area contributed by atoms with Crippen molar-refractivity contribution in [3.05, 3.63) is 18.2 Å². The first-order valence-electron chi connectivity index (χ1n) is 6.20. The molecule has 0 saturated carbocycles. The van der Waals surface area contributed by atoms with Gasteiger partial charge in [-0.1, -0.05) is 6.92 Å². The van der Waals surface area contributed by atoms with Crippen LogP contribution in [0.25, 0.3) is 0 Å². The maximum atomic E-state index is 12.1. The van der Waals surface area contributed by atoms with Crippen molar-refractivity contribution in [1.29, 1.82) is 0 Å². The van der Waals surface area contributed by atoms with Crippen molar-refractivity contribution < 1.29 is 23.0 Å². The van der Waals surface area contributed by atoms with Gasteiger partial charge in [-0.25, -0.2) is 13.1 Å². The maximum Gasteiger partial charge on any atom is 0.240 e. The third-order valence-electron chi connectivity index (χ3n) is 3.07. The second kappa shape index (κ2) is 6.43. The molecule has 0 spiro atoms. The monoisotopic (exact) mass is 303 g/mol. The number of methoxy groups -OCH3 is 2. The number of ether oxygens (including phenoxy) is 2. The lowest BCUT2D eigenvalue weighted by Crippen LogP contribution is -2.40. The number of hydrogen-bond donors (Lipinski definition) is 2. The average Bonchev–Trinajstić information content (AvgIpc) is 2.44. The fraction of sp³-hybridized carbons (Fsp3) is 0.538. The summed E-state index contributed by atoms with van der Waals surface area (Å²) in [6.45, 7) is 3.30. The van der Waals surface area contributed by atoms with Gasteiger partial charge in [0.05, 0.1) is 24.7 Å². The highest BCUT2D eigenvalue weighted by atomic mass is 32.2. The molecule has 0 aliphatic carbocycles. The van der Waals surface area contributed by atoms with Crippen LogP contribution in [-0.4, -0.2) is 39.9 Å². The first kappa shape index (κ1) is 16.7. The van der Waals surface area contributed by atoms with Crippen molar-refractivity contribution >= 4 is 10.0 Å². The van der Waals surface area contributed by atoms with Gasteiger partial charge in [0.2, 0.25) is 10.0 Å². The van der Waals surface area contributed by atoms with E-state index in [1.165, 1.54) is 32.4 Å². The summed E-state index contributed by atoms with van der Waals surface area (Å²) in [7, 11) is -0.798. The lowest BCUT2D eigenvalue weighted by atomic mass is 10.1. The molecule has 1 unspecified atom stereocenters. The number of rotatable bonds is 7. The van der Waals surface area contributed by atoms with E-state index in [0.29, 0.717) is 17.9 Å². The van der Waals surface area contributed by atoms with Gasteiger partial charge in [0.25, 0.3) is 0 Å². The Bertz CT molecular complexity index is 554. The summed E-state index contributed by atoms with van der Waals surface area (Å²) in [6.07, 6.45) is 0.446. The molecule has 2 N–H and O–H groups in total. The Labute approximate surface area is 119 Å². The van der Waals surface area contributed by atoms with Crippen LogP contribution in [0.5, 0.6) is 11.5 Å². The molecule has 20 heavy (non-hydrogen) atoms. The van der Waals surface area contributed by atoms with E-state index in [1.54, 1.807) is 13.8 Å². The zero-order valence-electron chi connectivity index (χ0n) is 12.1. The van der Waals surface area contributed by atoms with E-state index in [1.807, 2.05) is 0 Å². The molecule has 1 atom stereocenters. The third-order valence-corrected chi connectivity index (χ3v) is 4.47. The molecule has 0 aromatic heterocycles. The van der Waals surface area contributed by atoms with E-state index in [9.17, 15) is 13.5 Å². The van der Waals surface area contributed by atoms with Gasteiger partial charge in [-0.05, 0) is 25.5 Å². The molecule has 0 heterocycles. The Morgan fingerprint density at radius 1 is 1.25 bits per heavy atom. The summed E-state index contributed by atoms with van der Waals surface area (Å²) in [4.78, 5) is 0.0575. The Morgan fingerprint density at radius 3 is 2.35 bits per heavy atom. The van der Waals surface area contributed by atoms with E-state index in [0.717, 1.165) is 0 Å². The molecule has 1 aromatic carbocycles. The van der Waals surface area contributed by atoms with Gasteiger partial charge in [-0.3, -0.25) is 0 Å². The largest absolute Gasteiger partial charge is 0.493 e. The second-order valence-corrected chi connectivity index (χ2v) is 6.46. The lowest BCUT2D eigenvalue weighted by molar-refractivity contribution is 0.0613. The van der Waals surface area contributed by atoms with Crippen molar-refractivity contribution in [2.24, 2.45) is 0 Å². The molecular weight excluding hydrogens is 282 g/mol. The standard InChI is InChI=1S/C13H21NO5S/c1-5-13(2,15)9-14-20(16,17)10-6-7-11(18-3)12(8-10)19-4/h6-8,14-15H,5,9H2,1-4H3. The lowest BCUT2D eigenvalue weighted by Gasteiger charge is -2.21. The molecule has 0 bridgehead atoms. The average molecular weight is 303 g/mol. The summed E-state index contributed by atoms with van der Waals surface area (Å²) in [5.74, 6) is 0.782. The predicted molar refractivity (Wildman–Crippen MR) is 75.6 cm³/mol. The van der Waals surface area contributed by atoms with Gasteiger partial charge in [0.1, 0.15) is 0 Å². The Kier molecular flexibility index (Phi) is 5.38. The van der Waals surface area contributed by atoms with E-state index >= 15 is 0 Å². The van der Waals surface area contributed by atoms with E-state index in [-0.39, 0.29) is 11.4 Å². The Hall–Kier alpha value is -1.31. The van der Waals surface area contributed by atoms with Crippen LogP contribution in [0.3, 0.4) is 0 Å². The van der Waals surface area contributed by atoms with Crippen LogP contribution >= 0.6 is 0 Å². The first-order valence-corrected chi connectivity index (χ1v) is 7.68. The van der Waals surface area contributed by atoms with Gasteiger partial charge in [0, 0.05) is 12.6 Å². The van der Waals surface area contributed by atoms with Crippen molar-refractivity contribution in [2.45, 2.75) is 30.8 Å². The van der Waals surface area contributed by atoms with Crippen molar-refractivity contribution in [3.8, 4) is 11.5 Å². The zero-order chi connectivity index (χ0) is 15.4. The molecule has 0 fully saturated rings. The summed E-state index contributed by atoms with van der Waals surface area (Å²) >= 11 is 0. The predicted octanol–water partition coefficient (Wildman–Crippen LogP) is 1.14. The Morgan fingerprint density at radius 2 is 1.85 bits per heavy atom. The molecule has 1 aromatic rings. The molecule has 0 saturated heterocycles. The first-order chi connectivity index (χ1) is 9.25. The molecule has 0 amide bonds. The van der Waals surface area contributed by atoms with Gasteiger partial charge in [0.15, 0.2) is 11.5 Å². The summed E-state index contributed by atoms with van der Waals surface area (Å²) in [5, 5.41) is 9.84. The quantitative estimate of drug-likeness (QED) is 0.789. The molecule has 7 heteroatoms. The summed E-state index contributed by atoms with van der Waals surface area (Å²) < 4.78 is 36.8. The van der Waals surface area contributed by atoms with Gasteiger partial charge < -0.3 is 14.6 Å². The van der Waals surface area contributed by atoms with Crippen LogP contribution in [0.15, 0.2) is 23.1 Å². The van der Waals surface area contributed by atoms with E-state index in [2.05, 4.69) is 4.72 Å². The summed E-state index contributed by atoms with van der Waals surface area (Å²) in [6, 6.07) is 4.32. The van der Waals surface area contributed by atoms with E-state index in [4.69, 9.17) is 9.47 Å². The van der Waals surface area contributed by atoms with E-state index < -0.39 is 15.6 Å². The normalized spacial score (nSPS) is 14.7. The molecule has 114 valence electrons. The molecule has 0 radical (unpaired) electrons. The fourth-order valence-corrected chi connectivity index (χ4v) is 2.62. The zero-order valence-corrected chi connectivity index (χ0v) is 13.0. The number of aliphatic hydroxyl groups is 1. The fourth-order valence-electron chi connectivity index (χ4n) is 1.44. The van der Waals surface area contributed by atoms with Gasteiger partial charge >= 0.3 is 0 Å². The topological polar surface area (TPSA) is 84.9 Å². The minimum atomic E-state index is -3.71. The highest BCUT2D eigenvalue weighted by molar-refractivity contribution is 7.89. The number of benzene rings is 1. The Balaban J connectivity index is 2.98. The molecular formula is C13H21NO5S. The number of hydrogen-bond acceptors (Lipinski definition) is 5. The number of nitrogens with one attached hydrogen (secondary N) is 1. The molecule has 0 aliphatic rings. The van der Waals surface area contributed by atoms with Crippen LogP contribution in [-0.2, 0) is 10.0 Å². The van der Waals surface area contributed by atoms with Crippen molar-refractivity contribution in [2.75, 3.05) is 20.8 Å². The SMILES string of the molecule is CCC(C)(O)CNS(=O)(=O)c1ccc(OC)c(OC)c1. The molecule has 6 nitrogen and oxygen atoms in total. The van der Waals surface area contributed by atoms with Crippen LogP contribution in [0.2, 0.25) is 0 Å². The molecule has 0 aliphatic heterocycles. The maximum absolute atomic E-state index is 12.1. The second-order valence-electron chi connectivity index (χ2n) is 4.69. The molecule has 1 rings (SSSR count). The smallest absolute Gasteiger partial charge is 0.240 e. The van der Waals surface area contributed by atoms with Gasteiger partial charge in [-0.2, -0.15) is 0 Å². The third kappa shape index (κ3) is 4.09. The van der Waals surface area contributed by atoms with Crippen LogP contribution in [0.1, 0.15) is 20.3 Å². The van der Waals surface area contributed by atoms with Crippen LogP contribution in [0.4, 0.5) is 0 Å². The van der Waals surface area contributed by atoms with Crippen molar-refractivity contribution in [3.63, 3.8) is 0 Å². The number of sulfonamides is 1.